The molecule has 4 heteroatoms. The SMILES string of the molecule is CC1=CNC(=N)/C1=C(\C)N[C@@H]1CC[C@H](C)NC1. The first-order valence-electron chi connectivity index (χ1n) is 6.31. The lowest BCUT2D eigenvalue weighted by Crippen LogP contribution is -2.46. The van der Waals surface area contributed by atoms with E-state index in [0.717, 1.165) is 23.4 Å². The van der Waals surface area contributed by atoms with E-state index < -0.39 is 0 Å². The average molecular weight is 234 g/mol. The van der Waals surface area contributed by atoms with Gasteiger partial charge in [0.1, 0.15) is 5.84 Å². The van der Waals surface area contributed by atoms with Gasteiger partial charge in [0, 0.05) is 36.1 Å². The van der Waals surface area contributed by atoms with Crippen LogP contribution in [0.3, 0.4) is 0 Å². The highest BCUT2D eigenvalue weighted by Crippen LogP contribution is 2.19. The van der Waals surface area contributed by atoms with Crippen molar-refractivity contribution in [1.82, 2.24) is 16.0 Å². The van der Waals surface area contributed by atoms with Crippen LogP contribution in [0.2, 0.25) is 0 Å². The van der Waals surface area contributed by atoms with E-state index in [1.54, 1.807) is 0 Å². The molecule has 0 aromatic rings. The molecule has 1 fully saturated rings. The maximum atomic E-state index is 7.84. The summed E-state index contributed by atoms with van der Waals surface area (Å²) < 4.78 is 0. The zero-order valence-electron chi connectivity index (χ0n) is 10.9. The molecule has 2 rings (SSSR count). The van der Waals surface area contributed by atoms with Gasteiger partial charge in [-0.05, 0) is 39.2 Å². The molecule has 0 aromatic carbocycles. The third-order valence-corrected chi connectivity index (χ3v) is 3.53. The predicted octanol–water partition coefficient (Wildman–Crippen LogP) is 1.47. The van der Waals surface area contributed by atoms with Crippen LogP contribution in [0.5, 0.6) is 0 Å². The molecule has 0 aromatic heterocycles. The molecule has 2 aliphatic heterocycles. The van der Waals surface area contributed by atoms with E-state index in [9.17, 15) is 0 Å². The van der Waals surface area contributed by atoms with Gasteiger partial charge in [0.2, 0.25) is 0 Å². The van der Waals surface area contributed by atoms with Gasteiger partial charge >= 0.3 is 0 Å². The number of allylic oxidation sites excluding steroid dienone is 1. The summed E-state index contributed by atoms with van der Waals surface area (Å²) in [5, 5.41) is 17.8. The highest BCUT2D eigenvalue weighted by Gasteiger charge is 2.20. The number of nitrogens with one attached hydrogen (secondary N) is 4. The molecule has 1 saturated heterocycles. The van der Waals surface area contributed by atoms with Crippen LogP contribution in [0.1, 0.15) is 33.6 Å². The van der Waals surface area contributed by atoms with Gasteiger partial charge in [-0.25, -0.2) is 0 Å². The summed E-state index contributed by atoms with van der Waals surface area (Å²) in [6.45, 7) is 7.34. The van der Waals surface area contributed by atoms with Crippen molar-refractivity contribution in [3.63, 3.8) is 0 Å². The summed E-state index contributed by atoms with van der Waals surface area (Å²) in [7, 11) is 0. The van der Waals surface area contributed by atoms with Crippen molar-refractivity contribution < 1.29 is 0 Å². The van der Waals surface area contributed by atoms with Gasteiger partial charge in [-0.2, -0.15) is 0 Å². The Morgan fingerprint density at radius 2 is 2.24 bits per heavy atom. The van der Waals surface area contributed by atoms with Crippen LogP contribution in [-0.2, 0) is 0 Å². The quantitative estimate of drug-likeness (QED) is 0.585. The Hall–Kier alpha value is -1.29. The molecular formula is C13H22N4. The van der Waals surface area contributed by atoms with Crippen LogP contribution in [-0.4, -0.2) is 24.5 Å². The standard InChI is InChI=1S/C13H22N4/c1-8-6-16-13(14)12(8)10(3)17-11-5-4-9(2)15-7-11/h6,9,11,15,17H,4-5,7H2,1-3H3,(H2,14,16)/b12-10+/t9-,11+/m0/s1. The normalized spacial score (nSPS) is 31.9. The van der Waals surface area contributed by atoms with Crippen molar-refractivity contribution in [2.75, 3.05) is 6.54 Å². The smallest absolute Gasteiger partial charge is 0.131 e. The van der Waals surface area contributed by atoms with Gasteiger partial charge in [0.25, 0.3) is 0 Å². The van der Waals surface area contributed by atoms with E-state index in [2.05, 4.69) is 29.8 Å². The molecule has 0 aliphatic carbocycles. The molecule has 0 amide bonds. The van der Waals surface area contributed by atoms with Crippen LogP contribution < -0.4 is 16.0 Å². The largest absolute Gasteiger partial charge is 0.384 e. The number of amidine groups is 1. The Kier molecular flexibility index (Phi) is 3.52. The zero-order valence-corrected chi connectivity index (χ0v) is 10.9. The number of hydrogen-bond donors (Lipinski definition) is 4. The highest BCUT2D eigenvalue weighted by molar-refractivity contribution is 6.03. The van der Waals surface area contributed by atoms with Gasteiger partial charge < -0.3 is 16.0 Å². The monoisotopic (exact) mass is 234 g/mol. The molecule has 2 atom stereocenters. The molecule has 0 saturated carbocycles. The van der Waals surface area contributed by atoms with Gasteiger partial charge in [0.15, 0.2) is 0 Å². The first kappa shape index (κ1) is 12.2. The van der Waals surface area contributed by atoms with E-state index in [4.69, 9.17) is 5.41 Å². The molecule has 2 heterocycles. The van der Waals surface area contributed by atoms with Crippen LogP contribution in [0, 0.1) is 5.41 Å². The van der Waals surface area contributed by atoms with E-state index in [1.807, 2.05) is 13.1 Å². The Labute approximate surface area is 103 Å². The van der Waals surface area contributed by atoms with E-state index in [-0.39, 0.29) is 0 Å². The maximum Gasteiger partial charge on any atom is 0.131 e. The summed E-state index contributed by atoms with van der Waals surface area (Å²) in [5.41, 5.74) is 3.26. The van der Waals surface area contributed by atoms with Crippen LogP contribution in [0.4, 0.5) is 0 Å². The Balaban J connectivity index is 2.01. The topological polar surface area (TPSA) is 59.9 Å². The second kappa shape index (κ2) is 4.92. The van der Waals surface area contributed by atoms with Crippen molar-refractivity contribution in [1.29, 1.82) is 5.41 Å². The molecule has 4 nitrogen and oxygen atoms in total. The van der Waals surface area contributed by atoms with Crippen LogP contribution >= 0.6 is 0 Å². The molecule has 2 aliphatic rings. The van der Waals surface area contributed by atoms with Gasteiger partial charge in [0.05, 0.1) is 0 Å². The van der Waals surface area contributed by atoms with Gasteiger partial charge in [-0.15, -0.1) is 0 Å². The molecule has 17 heavy (non-hydrogen) atoms. The fourth-order valence-electron chi connectivity index (χ4n) is 2.51. The second-order valence-corrected chi connectivity index (χ2v) is 5.07. The van der Waals surface area contributed by atoms with Crippen molar-refractivity contribution in [3.8, 4) is 0 Å². The fourth-order valence-corrected chi connectivity index (χ4v) is 2.51. The number of rotatable bonds is 2. The Morgan fingerprint density at radius 1 is 1.47 bits per heavy atom. The van der Waals surface area contributed by atoms with Crippen molar-refractivity contribution in [3.05, 3.63) is 23.0 Å². The zero-order chi connectivity index (χ0) is 12.4. The summed E-state index contributed by atoms with van der Waals surface area (Å²) in [4.78, 5) is 0. The van der Waals surface area contributed by atoms with Gasteiger partial charge in [-0.1, -0.05) is 0 Å². The Bertz CT molecular complexity index is 373. The second-order valence-electron chi connectivity index (χ2n) is 5.07. The third kappa shape index (κ3) is 2.69. The van der Waals surface area contributed by atoms with Crippen LogP contribution in [0.15, 0.2) is 23.0 Å². The molecule has 0 radical (unpaired) electrons. The third-order valence-electron chi connectivity index (χ3n) is 3.53. The van der Waals surface area contributed by atoms with E-state index in [0.29, 0.717) is 17.9 Å². The summed E-state index contributed by atoms with van der Waals surface area (Å²) >= 11 is 0. The molecule has 0 bridgehead atoms. The van der Waals surface area contributed by atoms with Gasteiger partial charge in [-0.3, -0.25) is 5.41 Å². The summed E-state index contributed by atoms with van der Waals surface area (Å²) in [6.07, 6.45) is 4.30. The lowest BCUT2D eigenvalue weighted by molar-refractivity contribution is 0.354. The van der Waals surface area contributed by atoms with Crippen molar-refractivity contribution in [2.24, 2.45) is 0 Å². The maximum absolute atomic E-state index is 7.84. The Morgan fingerprint density at radius 3 is 2.76 bits per heavy atom. The van der Waals surface area contributed by atoms with Crippen molar-refractivity contribution >= 4 is 5.84 Å². The van der Waals surface area contributed by atoms with Crippen molar-refractivity contribution in [2.45, 2.75) is 45.7 Å². The van der Waals surface area contributed by atoms with E-state index in [1.165, 1.54) is 12.8 Å². The summed E-state index contributed by atoms with van der Waals surface area (Å²) in [6, 6.07) is 1.12. The van der Waals surface area contributed by atoms with Crippen LogP contribution in [0.25, 0.3) is 0 Å². The lowest BCUT2D eigenvalue weighted by Gasteiger charge is -2.29. The minimum Gasteiger partial charge on any atom is -0.384 e. The molecule has 0 spiro atoms. The number of piperidine rings is 1. The molecular weight excluding hydrogens is 212 g/mol. The predicted molar refractivity (Wildman–Crippen MR) is 70.9 cm³/mol. The lowest BCUT2D eigenvalue weighted by atomic mass is 10.0. The van der Waals surface area contributed by atoms with E-state index >= 15 is 0 Å². The molecule has 0 unspecified atom stereocenters. The molecule has 4 N–H and O–H groups in total. The minimum absolute atomic E-state index is 0.486. The average Bonchev–Trinajstić information content (AvgIpc) is 2.62. The molecule has 94 valence electrons. The highest BCUT2D eigenvalue weighted by atomic mass is 15.0. The first-order valence-corrected chi connectivity index (χ1v) is 6.31. The summed E-state index contributed by atoms with van der Waals surface area (Å²) in [5.74, 6) is 0.504. The minimum atomic E-state index is 0.486. The number of hydrogen-bond acceptors (Lipinski definition) is 3. The first-order chi connectivity index (χ1) is 8.08. The fraction of sp³-hybridized carbons (Fsp3) is 0.615.